The van der Waals surface area contributed by atoms with Gasteiger partial charge in [0, 0.05) is 18.6 Å². The number of carboxylic acid groups (broad SMARTS) is 1. The molecule has 10 nitrogen and oxygen atoms in total. The first-order valence-electron chi connectivity index (χ1n) is 10.1. The average Bonchev–Trinajstić information content (AvgIpc) is 3.35. The van der Waals surface area contributed by atoms with Crippen molar-refractivity contribution in [2.45, 2.75) is 13.1 Å². The second-order valence-corrected chi connectivity index (χ2v) is 8.00. The molecule has 14 heteroatoms. The number of aryl methyl sites for hydroxylation is 1. The van der Waals surface area contributed by atoms with Gasteiger partial charge in [0.1, 0.15) is 5.56 Å². The predicted octanol–water partition coefficient (Wildman–Crippen LogP) is 3.67. The van der Waals surface area contributed by atoms with Crippen molar-refractivity contribution in [3.05, 3.63) is 58.8 Å². The van der Waals surface area contributed by atoms with Crippen LogP contribution in [0.3, 0.4) is 0 Å². The number of rotatable bonds is 4. The zero-order valence-electron chi connectivity index (χ0n) is 18.7. The van der Waals surface area contributed by atoms with E-state index in [1.807, 2.05) is 30.3 Å². The standard InChI is InChI=1S/C20H17N5O3S.C2HF3O2/c1-3-28-19(27)14-11-22-25(2)17(14)23-20-24-18(26)16(29-20)10-12-6-7-15-13(9-12)5-4-8-21-15;3-2(4,5)1(6)7/h4-11H,3H2,1-2H3,(H,23,24,26);(H,6,7)/b16-10-;. The van der Waals surface area contributed by atoms with Gasteiger partial charge < -0.3 is 15.2 Å². The van der Waals surface area contributed by atoms with Gasteiger partial charge in [0.25, 0.3) is 5.91 Å². The number of aliphatic imine (C=N–C) groups is 1. The van der Waals surface area contributed by atoms with Gasteiger partial charge in [-0.05, 0) is 48.5 Å². The summed E-state index contributed by atoms with van der Waals surface area (Å²) >= 11 is 1.20. The summed E-state index contributed by atoms with van der Waals surface area (Å²) in [4.78, 5) is 42.6. The maximum Gasteiger partial charge on any atom is 0.490 e. The zero-order chi connectivity index (χ0) is 26.5. The highest BCUT2D eigenvalue weighted by molar-refractivity contribution is 8.18. The van der Waals surface area contributed by atoms with Crippen LogP contribution in [0.1, 0.15) is 22.8 Å². The van der Waals surface area contributed by atoms with Crippen LogP contribution >= 0.6 is 11.8 Å². The monoisotopic (exact) mass is 521 g/mol. The number of amidine groups is 1. The molecule has 1 aliphatic rings. The Hall–Kier alpha value is -4.20. The van der Waals surface area contributed by atoms with Crippen molar-refractivity contribution in [3.8, 4) is 0 Å². The first-order chi connectivity index (χ1) is 17.0. The van der Waals surface area contributed by atoms with Crippen LogP contribution in [-0.4, -0.2) is 55.7 Å². The molecule has 4 rings (SSSR count). The number of amides is 1. The highest BCUT2D eigenvalue weighted by Crippen LogP contribution is 2.29. The third kappa shape index (κ3) is 6.47. The van der Waals surface area contributed by atoms with Crippen LogP contribution in [0.25, 0.3) is 17.0 Å². The summed E-state index contributed by atoms with van der Waals surface area (Å²) in [5.74, 6) is -3.19. The summed E-state index contributed by atoms with van der Waals surface area (Å²) in [7, 11) is 1.67. The van der Waals surface area contributed by atoms with Crippen molar-refractivity contribution in [1.82, 2.24) is 20.1 Å². The molecular weight excluding hydrogens is 503 g/mol. The minimum atomic E-state index is -5.08. The molecule has 0 bridgehead atoms. The molecule has 1 amide bonds. The van der Waals surface area contributed by atoms with E-state index in [2.05, 4.69) is 20.4 Å². The molecule has 0 saturated carbocycles. The van der Waals surface area contributed by atoms with Crippen molar-refractivity contribution in [3.63, 3.8) is 0 Å². The van der Waals surface area contributed by atoms with Gasteiger partial charge >= 0.3 is 18.1 Å². The summed E-state index contributed by atoms with van der Waals surface area (Å²) in [6.45, 7) is 1.98. The third-order valence-corrected chi connectivity index (χ3v) is 5.34. The van der Waals surface area contributed by atoms with Crippen LogP contribution in [0.4, 0.5) is 19.0 Å². The third-order valence-electron chi connectivity index (χ3n) is 4.43. The van der Waals surface area contributed by atoms with Gasteiger partial charge in [-0.2, -0.15) is 18.3 Å². The van der Waals surface area contributed by atoms with E-state index in [-0.39, 0.29) is 18.1 Å². The maximum absolute atomic E-state index is 12.4. The van der Waals surface area contributed by atoms with Crippen molar-refractivity contribution in [2.75, 3.05) is 6.61 Å². The van der Waals surface area contributed by atoms with Crippen LogP contribution in [0.5, 0.6) is 0 Å². The minimum Gasteiger partial charge on any atom is -0.475 e. The van der Waals surface area contributed by atoms with E-state index >= 15 is 0 Å². The lowest BCUT2D eigenvalue weighted by Crippen LogP contribution is -2.21. The molecule has 0 radical (unpaired) electrons. The minimum absolute atomic E-state index is 0.246. The number of carboxylic acids is 1. The molecule has 1 aliphatic heterocycles. The van der Waals surface area contributed by atoms with Crippen molar-refractivity contribution < 1.29 is 37.4 Å². The van der Waals surface area contributed by atoms with E-state index < -0.39 is 18.1 Å². The van der Waals surface area contributed by atoms with E-state index in [0.717, 1.165) is 16.5 Å². The highest BCUT2D eigenvalue weighted by atomic mass is 32.2. The molecule has 1 aromatic carbocycles. The average molecular weight is 521 g/mol. The molecule has 0 unspecified atom stereocenters. The van der Waals surface area contributed by atoms with Crippen molar-refractivity contribution in [2.24, 2.45) is 12.0 Å². The number of pyridine rings is 1. The first-order valence-corrected chi connectivity index (χ1v) is 10.9. The summed E-state index contributed by atoms with van der Waals surface area (Å²) < 4.78 is 38.2. The van der Waals surface area contributed by atoms with Gasteiger partial charge in [-0.1, -0.05) is 12.1 Å². The number of ether oxygens (including phenoxy) is 1. The number of nitrogens with zero attached hydrogens (tertiary/aromatic N) is 4. The fourth-order valence-corrected chi connectivity index (χ4v) is 3.65. The summed E-state index contributed by atoms with van der Waals surface area (Å²) in [5, 5.41) is 15.3. The fourth-order valence-electron chi connectivity index (χ4n) is 2.83. The number of esters is 1. The molecule has 1 fully saturated rings. The van der Waals surface area contributed by atoms with E-state index in [4.69, 9.17) is 14.6 Å². The lowest BCUT2D eigenvalue weighted by Gasteiger charge is -2.02. The molecule has 0 spiro atoms. The summed E-state index contributed by atoms with van der Waals surface area (Å²) in [6.07, 6.45) is -0.143. The lowest BCUT2D eigenvalue weighted by atomic mass is 10.1. The van der Waals surface area contributed by atoms with E-state index in [0.29, 0.717) is 15.9 Å². The molecule has 0 atom stereocenters. The normalized spacial score (nSPS) is 15.5. The number of alkyl halides is 3. The molecule has 2 N–H and O–H groups in total. The topological polar surface area (TPSA) is 136 Å². The number of aliphatic carboxylic acids is 1. The molecule has 36 heavy (non-hydrogen) atoms. The SMILES string of the molecule is CCOC(=O)c1cnn(C)c1N=C1NC(=O)/C(=C/c2ccc3ncccc3c2)S1.O=C(O)C(F)(F)F. The number of hydrogen-bond donors (Lipinski definition) is 2. The van der Waals surface area contributed by atoms with Gasteiger partial charge in [0.2, 0.25) is 0 Å². The maximum atomic E-state index is 12.4. The van der Waals surface area contributed by atoms with Crippen LogP contribution in [0.15, 0.2) is 52.6 Å². The number of carbonyl (C=O) groups is 3. The Morgan fingerprint density at radius 1 is 1.31 bits per heavy atom. The van der Waals surface area contributed by atoms with Gasteiger partial charge in [0.05, 0.1) is 23.2 Å². The molecule has 188 valence electrons. The number of nitrogens with one attached hydrogen (secondary N) is 1. The number of carbonyl (C=O) groups excluding carboxylic acids is 2. The van der Waals surface area contributed by atoms with Gasteiger partial charge in [-0.3, -0.25) is 14.5 Å². The van der Waals surface area contributed by atoms with Crippen LogP contribution in [-0.2, 0) is 21.4 Å². The van der Waals surface area contributed by atoms with E-state index in [1.165, 1.54) is 22.6 Å². The van der Waals surface area contributed by atoms with Crippen LogP contribution < -0.4 is 5.32 Å². The Morgan fingerprint density at radius 2 is 2.03 bits per heavy atom. The second kappa shape index (κ2) is 11.0. The molecule has 3 aromatic rings. The predicted molar refractivity (Wildman–Crippen MR) is 125 cm³/mol. The smallest absolute Gasteiger partial charge is 0.475 e. The fraction of sp³-hybridized carbons (Fsp3) is 0.182. The van der Waals surface area contributed by atoms with Crippen molar-refractivity contribution in [1.29, 1.82) is 0 Å². The van der Waals surface area contributed by atoms with Crippen LogP contribution in [0.2, 0.25) is 0 Å². The number of benzene rings is 1. The second-order valence-electron chi connectivity index (χ2n) is 6.97. The Morgan fingerprint density at radius 3 is 2.69 bits per heavy atom. The van der Waals surface area contributed by atoms with Crippen molar-refractivity contribution >= 4 is 57.6 Å². The Bertz CT molecular complexity index is 1380. The largest absolute Gasteiger partial charge is 0.490 e. The lowest BCUT2D eigenvalue weighted by molar-refractivity contribution is -0.192. The quantitative estimate of drug-likeness (QED) is 0.392. The van der Waals surface area contributed by atoms with Gasteiger partial charge in [-0.15, -0.1) is 0 Å². The number of thioether (sulfide) groups is 1. The molecule has 1 saturated heterocycles. The highest BCUT2D eigenvalue weighted by Gasteiger charge is 2.38. The number of fused-ring (bicyclic) bond motifs is 1. The molecule has 2 aromatic heterocycles. The number of halogens is 3. The molecule has 0 aliphatic carbocycles. The van der Waals surface area contributed by atoms with E-state index in [9.17, 15) is 22.8 Å². The Balaban J connectivity index is 0.000000454. The molecular formula is C22H18F3N5O5S. The van der Waals surface area contributed by atoms with E-state index in [1.54, 1.807) is 26.2 Å². The number of hydrogen-bond acceptors (Lipinski definition) is 8. The van der Waals surface area contributed by atoms with Gasteiger partial charge in [-0.25, -0.2) is 14.6 Å². The molecule has 3 heterocycles. The summed E-state index contributed by atoms with van der Waals surface area (Å²) in [6, 6.07) is 9.63. The zero-order valence-corrected chi connectivity index (χ0v) is 19.6. The van der Waals surface area contributed by atoms with Gasteiger partial charge in [0.15, 0.2) is 11.0 Å². The Kier molecular flexibility index (Phi) is 8.09. The first kappa shape index (κ1) is 26.4. The Labute approximate surface area is 205 Å². The summed E-state index contributed by atoms with van der Waals surface area (Å²) in [5.41, 5.74) is 2.02. The number of aromatic nitrogens is 3. The van der Waals surface area contributed by atoms with Crippen LogP contribution in [0, 0.1) is 0 Å².